The highest BCUT2D eigenvalue weighted by Gasteiger charge is 2.37. The van der Waals surface area contributed by atoms with Crippen molar-refractivity contribution in [1.29, 1.82) is 0 Å². The molecular weight excluding hydrogens is 364 g/mol. The van der Waals surface area contributed by atoms with E-state index in [4.69, 9.17) is 4.52 Å². The van der Waals surface area contributed by atoms with E-state index in [-0.39, 0.29) is 0 Å². The lowest BCUT2D eigenvalue weighted by atomic mass is 10.0. The molecule has 0 radical (unpaired) electrons. The molecule has 0 aromatic carbocycles. The molecule has 1 unspecified atom stereocenters. The molecule has 3 heterocycles. The lowest BCUT2D eigenvalue weighted by molar-refractivity contribution is 0.281. The van der Waals surface area contributed by atoms with Crippen LogP contribution in [0.5, 0.6) is 0 Å². The SMILES string of the molecule is CCn1c(C)c(-c2nc(C3CC3)no2)c(S(=O)(=O)N2CCCC(C)C2)c1C. The largest absolute Gasteiger partial charge is 0.347 e. The second-order valence-electron chi connectivity index (χ2n) is 7.96. The molecule has 0 N–H and O–H groups in total. The summed E-state index contributed by atoms with van der Waals surface area (Å²) >= 11 is 0. The smallest absolute Gasteiger partial charge is 0.261 e. The fourth-order valence-electron chi connectivity index (χ4n) is 4.23. The highest BCUT2D eigenvalue weighted by Crippen LogP contribution is 2.41. The van der Waals surface area contributed by atoms with E-state index >= 15 is 0 Å². The summed E-state index contributed by atoms with van der Waals surface area (Å²) in [4.78, 5) is 4.89. The molecule has 27 heavy (non-hydrogen) atoms. The Kier molecular flexibility index (Phi) is 4.66. The number of rotatable bonds is 5. The second kappa shape index (κ2) is 6.74. The predicted molar refractivity (Wildman–Crippen MR) is 102 cm³/mol. The molecule has 2 fully saturated rings. The van der Waals surface area contributed by atoms with Crippen molar-refractivity contribution in [2.45, 2.75) is 70.7 Å². The van der Waals surface area contributed by atoms with Gasteiger partial charge in [0.05, 0.1) is 5.56 Å². The summed E-state index contributed by atoms with van der Waals surface area (Å²) in [6.45, 7) is 9.77. The average molecular weight is 393 g/mol. The van der Waals surface area contributed by atoms with E-state index < -0.39 is 10.0 Å². The molecule has 0 amide bonds. The van der Waals surface area contributed by atoms with Crippen LogP contribution in [0.15, 0.2) is 9.42 Å². The second-order valence-corrected chi connectivity index (χ2v) is 9.84. The number of nitrogens with zero attached hydrogens (tertiary/aromatic N) is 4. The molecule has 0 spiro atoms. The van der Waals surface area contributed by atoms with Crippen LogP contribution in [0.25, 0.3) is 11.5 Å². The first-order valence-corrected chi connectivity index (χ1v) is 11.3. The van der Waals surface area contributed by atoms with Crippen LogP contribution in [0.4, 0.5) is 0 Å². The molecular formula is C19H28N4O3S. The first-order valence-electron chi connectivity index (χ1n) is 9.88. The fourth-order valence-corrected chi connectivity index (χ4v) is 6.29. The highest BCUT2D eigenvalue weighted by atomic mass is 32.2. The van der Waals surface area contributed by atoms with Crippen LogP contribution < -0.4 is 0 Å². The molecule has 2 aromatic heterocycles. The van der Waals surface area contributed by atoms with Gasteiger partial charge in [-0.05, 0) is 52.4 Å². The standard InChI is InChI=1S/C19H28N4O3S/c1-5-23-13(3)16(19-20-18(21-26-19)15-8-9-15)17(14(23)4)27(24,25)22-10-6-7-12(2)11-22/h12,15H,5-11H2,1-4H3. The molecule has 1 aliphatic carbocycles. The van der Waals surface area contributed by atoms with Crippen molar-refractivity contribution < 1.29 is 12.9 Å². The summed E-state index contributed by atoms with van der Waals surface area (Å²) in [5.41, 5.74) is 2.19. The summed E-state index contributed by atoms with van der Waals surface area (Å²) in [6, 6.07) is 0. The van der Waals surface area contributed by atoms with Crippen molar-refractivity contribution in [3.63, 3.8) is 0 Å². The Morgan fingerprint density at radius 3 is 2.56 bits per heavy atom. The fraction of sp³-hybridized carbons (Fsp3) is 0.684. The van der Waals surface area contributed by atoms with E-state index in [0.717, 1.165) is 37.1 Å². The van der Waals surface area contributed by atoms with Crippen LogP contribution in [0.1, 0.15) is 62.7 Å². The first kappa shape index (κ1) is 18.7. The Balaban J connectivity index is 1.85. The minimum Gasteiger partial charge on any atom is -0.347 e. The number of sulfonamides is 1. The van der Waals surface area contributed by atoms with E-state index in [0.29, 0.717) is 53.6 Å². The first-order chi connectivity index (χ1) is 12.8. The van der Waals surface area contributed by atoms with Crippen LogP contribution in [0.2, 0.25) is 0 Å². The topological polar surface area (TPSA) is 81.2 Å². The number of piperidine rings is 1. The summed E-state index contributed by atoms with van der Waals surface area (Å²) < 4.78 is 36.4. The third kappa shape index (κ3) is 3.12. The molecule has 7 nitrogen and oxygen atoms in total. The van der Waals surface area contributed by atoms with Crippen LogP contribution in [-0.4, -0.2) is 40.5 Å². The Hall–Kier alpha value is -1.67. The van der Waals surface area contributed by atoms with Crippen LogP contribution >= 0.6 is 0 Å². The van der Waals surface area contributed by atoms with Gasteiger partial charge in [0.25, 0.3) is 5.89 Å². The monoisotopic (exact) mass is 392 g/mol. The van der Waals surface area contributed by atoms with Crippen LogP contribution in [0, 0.1) is 19.8 Å². The lowest BCUT2D eigenvalue weighted by Crippen LogP contribution is -2.39. The van der Waals surface area contributed by atoms with Gasteiger partial charge in [0, 0.05) is 36.9 Å². The maximum Gasteiger partial charge on any atom is 0.261 e. The van der Waals surface area contributed by atoms with Gasteiger partial charge in [0.2, 0.25) is 10.0 Å². The maximum atomic E-state index is 13.6. The quantitative estimate of drug-likeness (QED) is 0.778. The zero-order valence-corrected chi connectivity index (χ0v) is 17.3. The molecule has 8 heteroatoms. The van der Waals surface area contributed by atoms with Crippen molar-refractivity contribution in [3.8, 4) is 11.5 Å². The lowest BCUT2D eigenvalue weighted by Gasteiger charge is -2.30. The van der Waals surface area contributed by atoms with Crippen molar-refractivity contribution in [1.82, 2.24) is 19.0 Å². The number of aromatic nitrogens is 3. The van der Waals surface area contributed by atoms with E-state index in [1.54, 1.807) is 4.31 Å². The highest BCUT2D eigenvalue weighted by molar-refractivity contribution is 7.89. The minimum absolute atomic E-state index is 0.327. The number of hydrogen-bond acceptors (Lipinski definition) is 5. The van der Waals surface area contributed by atoms with Gasteiger partial charge < -0.3 is 9.09 Å². The molecule has 1 saturated heterocycles. The molecule has 4 rings (SSSR count). The Bertz CT molecular complexity index is 956. The van der Waals surface area contributed by atoms with Crippen molar-refractivity contribution in [2.24, 2.45) is 5.92 Å². The van der Waals surface area contributed by atoms with Gasteiger partial charge >= 0.3 is 0 Å². The number of hydrogen-bond donors (Lipinski definition) is 0. The minimum atomic E-state index is -3.63. The van der Waals surface area contributed by atoms with Gasteiger partial charge in [0.1, 0.15) is 4.90 Å². The predicted octanol–water partition coefficient (Wildman–Crippen LogP) is 3.47. The average Bonchev–Trinajstić information content (AvgIpc) is 3.30. The Labute approximate surface area is 160 Å². The van der Waals surface area contributed by atoms with Crippen molar-refractivity contribution >= 4 is 10.0 Å². The van der Waals surface area contributed by atoms with E-state index in [9.17, 15) is 8.42 Å². The molecule has 2 aliphatic rings. The van der Waals surface area contributed by atoms with Gasteiger partial charge in [-0.1, -0.05) is 12.1 Å². The third-order valence-corrected chi connectivity index (χ3v) is 7.89. The third-order valence-electron chi connectivity index (χ3n) is 5.86. The van der Waals surface area contributed by atoms with E-state index in [1.807, 2.05) is 25.3 Å². The molecule has 2 aromatic rings. The van der Waals surface area contributed by atoms with Gasteiger partial charge in [0.15, 0.2) is 5.82 Å². The zero-order chi connectivity index (χ0) is 19.3. The zero-order valence-electron chi connectivity index (χ0n) is 16.5. The summed E-state index contributed by atoms with van der Waals surface area (Å²) in [6.07, 6.45) is 4.11. The van der Waals surface area contributed by atoms with Gasteiger partial charge in [-0.2, -0.15) is 9.29 Å². The molecule has 0 bridgehead atoms. The summed E-state index contributed by atoms with van der Waals surface area (Å²) in [5, 5.41) is 4.10. The van der Waals surface area contributed by atoms with Gasteiger partial charge in [-0.25, -0.2) is 8.42 Å². The summed E-state index contributed by atoms with van der Waals surface area (Å²) in [5.74, 6) is 1.76. The molecule has 148 valence electrons. The van der Waals surface area contributed by atoms with Gasteiger partial charge in [-0.15, -0.1) is 0 Å². The van der Waals surface area contributed by atoms with E-state index in [1.165, 1.54) is 0 Å². The Morgan fingerprint density at radius 1 is 1.19 bits per heavy atom. The van der Waals surface area contributed by atoms with E-state index in [2.05, 4.69) is 17.1 Å². The van der Waals surface area contributed by atoms with Crippen LogP contribution in [-0.2, 0) is 16.6 Å². The molecule has 1 aliphatic heterocycles. The molecule has 1 atom stereocenters. The van der Waals surface area contributed by atoms with Gasteiger partial charge in [-0.3, -0.25) is 0 Å². The van der Waals surface area contributed by atoms with Crippen molar-refractivity contribution in [3.05, 3.63) is 17.2 Å². The maximum absolute atomic E-state index is 13.6. The normalized spacial score (nSPS) is 21.7. The van der Waals surface area contributed by atoms with Crippen LogP contribution in [0.3, 0.4) is 0 Å². The van der Waals surface area contributed by atoms with Crippen molar-refractivity contribution in [2.75, 3.05) is 13.1 Å². The Morgan fingerprint density at radius 2 is 1.93 bits per heavy atom. The molecule has 1 saturated carbocycles. The summed E-state index contributed by atoms with van der Waals surface area (Å²) in [7, 11) is -3.63.